The topological polar surface area (TPSA) is 115 Å². The molecule has 1 saturated carbocycles. The quantitative estimate of drug-likeness (QED) is 0.641. The van der Waals surface area contributed by atoms with E-state index in [9.17, 15) is 22.9 Å². The minimum atomic E-state index is -4.20. The molecule has 1 fully saturated rings. The van der Waals surface area contributed by atoms with Gasteiger partial charge in [0.05, 0.1) is 4.92 Å². The fourth-order valence-corrected chi connectivity index (χ4v) is 3.96. The van der Waals surface area contributed by atoms with E-state index in [4.69, 9.17) is 5.73 Å². The van der Waals surface area contributed by atoms with Crippen LogP contribution in [0.2, 0.25) is 0 Å². The zero-order chi connectivity index (χ0) is 15.6. The minimum Gasteiger partial charge on any atom is -0.326 e. The predicted molar refractivity (Wildman–Crippen MR) is 73.6 cm³/mol. The number of benzene rings is 1. The summed E-state index contributed by atoms with van der Waals surface area (Å²) in [5.74, 6) is -1.18. The Morgan fingerprint density at radius 2 is 2.00 bits per heavy atom. The first kappa shape index (κ1) is 15.8. The van der Waals surface area contributed by atoms with Crippen LogP contribution in [-0.2, 0) is 10.0 Å². The van der Waals surface area contributed by atoms with Crippen LogP contribution in [0.3, 0.4) is 0 Å². The van der Waals surface area contributed by atoms with Gasteiger partial charge in [-0.15, -0.1) is 0 Å². The van der Waals surface area contributed by atoms with Crippen LogP contribution >= 0.6 is 0 Å². The molecule has 0 amide bonds. The molecule has 0 aromatic heterocycles. The van der Waals surface area contributed by atoms with Gasteiger partial charge in [0.1, 0.15) is 0 Å². The second-order valence-corrected chi connectivity index (χ2v) is 6.70. The molecule has 9 heteroatoms. The summed E-state index contributed by atoms with van der Waals surface area (Å²) < 4.78 is 40.5. The van der Waals surface area contributed by atoms with Gasteiger partial charge < -0.3 is 5.73 Å². The van der Waals surface area contributed by atoms with Gasteiger partial charge in [-0.25, -0.2) is 13.1 Å². The van der Waals surface area contributed by atoms with E-state index in [1.54, 1.807) is 0 Å². The van der Waals surface area contributed by atoms with Crippen molar-refractivity contribution in [3.63, 3.8) is 0 Å². The van der Waals surface area contributed by atoms with Crippen LogP contribution in [-0.4, -0.2) is 25.4 Å². The van der Waals surface area contributed by atoms with Crippen molar-refractivity contribution < 1.29 is 17.7 Å². The zero-order valence-corrected chi connectivity index (χ0v) is 12.0. The molecule has 0 bridgehead atoms. The summed E-state index contributed by atoms with van der Waals surface area (Å²) in [6.45, 7) is 0. The lowest BCUT2D eigenvalue weighted by Crippen LogP contribution is -2.49. The number of hydrogen-bond acceptors (Lipinski definition) is 5. The molecule has 0 heterocycles. The molecule has 0 saturated heterocycles. The molecule has 2 atom stereocenters. The molecule has 1 aromatic carbocycles. The summed E-state index contributed by atoms with van der Waals surface area (Å²) >= 11 is 0. The first-order chi connectivity index (χ1) is 9.83. The summed E-state index contributed by atoms with van der Waals surface area (Å²) in [4.78, 5) is 9.18. The SMILES string of the molecule is N[C@@H]1CCCC[C@H]1NS(=O)(=O)c1cccc(F)c1[N+](=O)[O-]. The molecule has 1 aliphatic rings. The number of hydrogen-bond donors (Lipinski definition) is 2. The Balaban J connectivity index is 2.36. The molecule has 0 aliphatic heterocycles. The highest BCUT2D eigenvalue weighted by Crippen LogP contribution is 2.27. The first-order valence-corrected chi connectivity index (χ1v) is 8.02. The number of nitro benzene ring substituents is 1. The van der Waals surface area contributed by atoms with Gasteiger partial charge >= 0.3 is 5.69 Å². The summed E-state index contributed by atoms with van der Waals surface area (Å²) in [5, 5.41) is 10.9. The van der Waals surface area contributed by atoms with Gasteiger partial charge in [-0.05, 0) is 25.0 Å². The molecule has 0 unspecified atom stereocenters. The van der Waals surface area contributed by atoms with Crippen LogP contribution in [0, 0.1) is 15.9 Å². The Morgan fingerprint density at radius 1 is 1.33 bits per heavy atom. The van der Waals surface area contributed by atoms with Crippen molar-refractivity contribution in [1.82, 2.24) is 4.72 Å². The number of nitrogens with two attached hydrogens (primary N) is 1. The van der Waals surface area contributed by atoms with E-state index in [-0.39, 0.29) is 6.04 Å². The number of nitrogens with zero attached hydrogens (tertiary/aromatic N) is 1. The van der Waals surface area contributed by atoms with E-state index >= 15 is 0 Å². The summed E-state index contributed by atoms with van der Waals surface area (Å²) in [7, 11) is -4.20. The van der Waals surface area contributed by atoms with E-state index in [1.165, 1.54) is 0 Å². The van der Waals surface area contributed by atoms with Crippen molar-refractivity contribution >= 4 is 15.7 Å². The molecule has 2 rings (SSSR count). The maximum atomic E-state index is 13.5. The van der Waals surface area contributed by atoms with Crippen molar-refractivity contribution in [2.75, 3.05) is 0 Å². The minimum absolute atomic E-state index is 0.346. The average molecular weight is 317 g/mol. The monoisotopic (exact) mass is 317 g/mol. The summed E-state index contributed by atoms with van der Waals surface area (Å²) in [6.07, 6.45) is 2.98. The lowest BCUT2D eigenvalue weighted by atomic mass is 9.92. The predicted octanol–water partition coefficient (Wildman–Crippen LogP) is 1.28. The Bertz CT molecular complexity index is 650. The Labute approximate surface area is 121 Å². The maximum absolute atomic E-state index is 13.5. The molecular formula is C12H16FN3O4S. The molecule has 0 spiro atoms. The lowest BCUT2D eigenvalue weighted by Gasteiger charge is -2.28. The van der Waals surface area contributed by atoms with E-state index in [0.29, 0.717) is 12.8 Å². The van der Waals surface area contributed by atoms with Gasteiger partial charge in [0, 0.05) is 12.1 Å². The number of sulfonamides is 1. The van der Waals surface area contributed by atoms with Gasteiger partial charge in [0.2, 0.25) is 15.8 Å². The van der Waals surface area contributed by atoms with Crippen molar-refractivity contribution in [2.45, 2.75) is 42.7 Å². The molecule has 1 aromatic rings. The number of nitrogens with one attached hydrogen (secondary N) is 1. The molecular weight excluding hydrogens is 301 g/mol. The highest BCUT2D eigenvalue weighted by atomic mass is 32.2. The lowest BCUT2D eigenvalue weighted by molar-refractivity contribution is -0.390. The highest BCUT2D eigenvalue weighted by Gasteiger charge is 2.33. The third-order valence-electron chi connectivity index (χ3n) is 3.55. The van der Waals surface area contributed by atoms with Crippen LogP contribution in [0.25, 0.3) is 0 Å². The molecule has 0 radical (unpaired) electrons. The average Bonchev–Trinajstić information content (AvgIpc) is 2.40. The second kappa shape index (κ2) is 6.04. The summed E-state index contributed by atoms with van der Waals surface area (Å²) in [5.41, 5.74) is 4.81. The molecule has 116 valence electrons. The van der Waals surface area contributed by atoms with E-state index in [1.807, 2.05) is 0 Å². The third-order valence-corrected chi connectivity index (χ3v) is 5.07. The fraction of sp³-hybridized carbons (Fsp3) is 0.500. The van der Waals surface area contributed by atoms with Gasteiger partial charge in [-0.2, -0.15) is 4.39 Å². The van der Waals surface area contributed by atoms with Crippen molar-refractivity contribution in [1.29, 1.82) is 0 Å². The van der Waals surface area contributed by atoms with Crippen molar-refractivity contribution in [2.24, 2.45) is 5.73 Å². The van der Waals surface area contributed by atoms with Crippen LogP contribution in [0.15, 0.2) is 23.1 Å². The van der Waals surface area contributed by atoms with Gasteiger partial charge in [0.25, 0.3) is 0 Å². The van der Waals surface area contributed by atoms with Gasteiger partial charge in [0.15, 0.2) is 4.90 Å². The zero-order valence-electron chi connectivity index (χ0n) is 11.2. The molecule has 3 N–H and O–H groups in total. The normalized spacial score (nSPS) is 23.0. The number of halogens is 1. The second-order valence-electron chi connectivity index (χ2n) is 5.02. The van der Waals surface area contributed by atoms with E-state index < -0.39 is 37.4 Å². The smallest absolute Gasteiger partial charge is 0.324 e. The Kier molecular flexibility index (Phi) is 4.55. The standard InChI is InChI=1S/C12H16FN3O4S/c13-8-4-3-7-11(12(8)16(17)18)21(19,20)15-10-6-2-1-5-9(10)14/h3-4,7,9-10,15H,1-2,5-6,14H2/t9-,10-/m1/s1. The van der Waals surface area contributed by atoms with Crippen LogP contribution in [0.4, 0.5) is 10.1 Å². The van der Waals surface area contributed by atoms with Crippen LogP contribution < -0.4 is 10.5 Å². The molecule has 1 aliphatic carbocycles. The van der Waals surface area contributed by atoms with Gasteiger partial charge in [-0.1, -0.05) is 18.9 Å². The molecule has 7 nitrogen and oxygen atoms in total. The Hall–Kier alpha value is -1.58. The van der Waals surface area contributed by atoms with Crippen LogP contribution in [0.5, 0.6) is 0 Å². The molecule has 21 heavy (non-hydrogen) atoms. The Morgan fingerprint density at radius 3 is 2.62 bits per heavy atom. The number of rotatable bonds is 4. The van der Waals surface area contributed by atoms with Crippen LogP contribution in [0.1, 0.15) is 25.7 Å². The van der Waals surface area contributed by atoms with Gasteiger partial charge in [-0.3, -0.25) is 10.1 Å². The van der Waals surface area contributed by atoms with Crippen molar-refractivity contribution in [3.8, 4) is 0 Å². The van der Waals surface area contributed by atoms with Crippen molar-refractivity contribution in [3.05, 3.63) is 34.1 Å². The fourth-order valence-electron chi connectivity index (χ4n) is 2.46. The van der Waals surface area contributed by atoms with E-state index in [2.05, 4.69) is 4.72 Å². The third kappa shape index (κ3) is 3.36. The number of para-hydroxylation sites is 1. The summed E-state index contributed by atoms with van der Waals surface area (Å²) in [6, 6.07) is 2.15. The maximum Gasteiger partial charge on any atom is 0.324 e. The first-order valence-electron chi connectivity index (χ1n) is 6.54. The number of nitro groups is 1. The largest absolute Gasteiger partial charge is 0.326 e. The highest BCUT2D eigenvalue weighted by molar-refractivity contribution is 7.89. The van der Waals surface area contributed by atoms with E-state index in [0.717, 1.165) is 31.0 Å².